The SMILES string of the molecule is C=CCNC(=O)c1ccc(C(=O)N2CCN(c3cccc(C)c3)CC2)cc1. The average molecular weight is 363 g/mol. The number of nitrogens with one attached hydrogen (secondary N) is 1. The van der Waals surface area contributed by atoms with Crippen LogP contribution in [0.15, 0.2) is 61.2 Å². The first-order valence-corrected chi connectivity index (χ1v) is 9.18. The van der Waals surface area contributed by atoms with Crippen LogP contribution in [0, 0.1) is 6.92 Å². The van der Waals surface area contributed by atoms with Crippen molar-refractivity contribution in [3.63, 3.8) is 0 Å². The summed E-state index contributed by atoms with van der Waals surface area (Å²) in [5, 5.41) is 2.73. The molecule has 1 heterocycles. The molecule has 0 spiro atoms. The van der Waals surface area contributed by atoms with Gasteiger partial charge in [-0.15, -0.1) is 6.58 Å². The number of benzene rings is 2. The molecular weight excluding hydrogens is 338 g/mol. The molecule has 3 rings (SSSR count). The molecule has 0 radical (unpaired) electrons. The third-order valence-electron chi connectivity index (χ3n) is 4.73. The standard InChI is InChI=1S/C22H25N3O2/c1-3-11-23-21(26)18-7-9-19(10-8-18)22(27)25-14-12-24(13-15-25)20-6-4-5-17(2)16-20/h3-10,16H,1,11-15H2,2H3,(H,23,26). The zero-order chi connectivity index (χ0) is 19.2. The second-order valence-corrected chi connectivity index (χ2v) is 6.69. The molecule has 140 valence electrons. The number of hydrogen-bond donors (Lipinski definition) is 1. The van der Waals surface area contributed by atoms with Gasteiger partial charge in [0.15, 0.2) is 0 Å². The third-order valence-corrected chi connectivity index (χ3v) is 4.73. The van der Waals surface area contributed by atoms with Gasteiger partial charge in [0.05, 0.1) is 0 Å². The molecule has 1 aliphatic heterocycles. The number of anilines is 1. The average Bonchev–Trinajstić information content (AvgIpc) is 2.71. The maximum atomic E-state index is 12.7. The second-order valence-electron chi connectivity index (χ2n) is 6.69. The largest absolute Gasteiger partial charge is 0.368 e. The summed E-state index contributed by atoms with van der Waals surface area (Å²) in [4.78, 5) is 28.8. The van der Waals surface area contributed by atoms with Crippen LogP contribution in [0.5, 0.6) is 0 Å². The van der Waals surface area contributed by atoms with E-state index < -0.39 is 0 Å². The van der Waals surface area contributed by atoms with Crippen LogP contribution in [-0.2, 0) is 0 Å². The Morgan fingerprint density at radius 1 is 1.04 bits per heavy atom. The highest BCUT2D eigenvalue weighted by atomic mass is 16.2. The summed E-state index contributed by atoms with van der Waals surface area (Å²) >= 11 is 0. The van der Waals surface area contributed by atoms with Gasteiger partial charge in [-0.3, -0.25) is 9.59 Å². The Morgan fingerprint density at radius 2 is 1.70 bits per heavy atom. The van der Waals surface area contributed by atoms with Crippen LogP contribution < -0.4 is 10.2 Å². The zero-order valence-electron chi connectivity index (χ0n) is 15.6. The highest BCUT2D eigenvalue weighted by molar-refractivity contribution is 5.98. The Labute approximate surface area is 160 Å². The molecule has 2 aromatic carbocycles. The van der Waals surface area contributed by atoms with Gasteiger partial charge in [0.2, 0.25) is 0 Å². The molecule has 2 aromatic rings. The van der Waals surface area contributed by atoms with Crippen molar-refractivity contribution in [3.8, 4) is 0 Å². The lowest BCUT2D eigenvalue weighted by Crippen LogP contribution is -2.48. The molecule has 5 nitrogen and oxygen atoms in total. The van der Waals surface area contributed by atoms with Crippen LogP contribution >= 0.6 is 0 Å². The van der Waals surface area contributed by atoms with Gasteiger partial charge in [-0.1, -0.05) is 18.2 Å². The first-order chi connectivity index (χ1) is 13.1. The van der Waals surface area contributed by atoms with Crippen LogP contribution in [0.25, 0.3) is 0 Å². The maximum Gasteiger partial charge on any atom is 0.253 e. The Hall–Kier alpha value is -3.08. The van der Waals surface area contributed by atoms with E-state index in [4.69, 9.17) is 0 Å². The number of piperazine rings is 1. The lowest BCUT2D eigenvalue weighted by molar-refractivity contribution is 0.0746. The fourth-order valence-electron chi connectivity index (χ4n) is 3.21. The first-order valence-electron chi connectivity index (χ1n) is 9.18. The quantitative estimate of drug-likeness (QED) is 0.831. The van der Waals surface area contributed by atoms with Crippen LogP contribution in [-0.4, -0.2) is 49.4 Å². The lowest BCUT2D eigenvalue weighted by atomic mass is 10.1. The molecule has 27 heavy (non-hydrogen) atoms. The molecule has 1 fully saturated rings. The van der Waals surface area contributed by atoms with Crippen molar-refractivity contribution >= 4 is 17.5 Å². The molecule has 1 aliphatic rings. The Morgan fingerprint density at radius 3 is 2.33 bits per heavy atom. The first kappa shape index (κ1) is 18.7. The summed E-state index contributed by atoms with van der Waals surface area (Å²) in [6.07, 6.45) is 1.63. The lowest BCUT2D eigenvalue weighted by Gasteiger charge is -2.36. The zero-order valence-corrected chi connectivity index (χ0v) is 15.6. The van der Waals surface area contributed by atoms with Crippen molar-refractivity contribution in [2.75, 3.05) is 37.6 Å². The monoisotopic (exact) mass is 363 g/mol. The molecule has 0 aromatic heterocycles. The topological polar surface area (TPSA) is 52.7 Å². The van der Waals surface area contributed by atoms with Gasteiger partial charge in [0.25, 0.3) is 11.8 Å². The van der Waals surface area contributed by atoms with E-state index >= 15 is 0 Å². The van der Waals surface area contributed by atoms with E-state index in [1.54, 1.807) is 30.3 Å². The fourth-order valence-corrected chi connectivity index (χ4v) is 3.21. The second kappa shape index (κ2) is 8.54. The van der Waals surface area contributed by atoms with E-state index in [1.165, 1.54) is 11.3 Å². The van der Waals surface area contributed by atoms with Gasteiger partial charge in [-0.2, -0.15) is 0 Å². The van der Waals surface area contributed by atoms with Crippen molar-refractivity contribution in [1.82, 2.24) is 10.2 Å². The number of carbonyl (C=O) groups excluding carboxylic acids is 2. The van der Waals surface area contributed by atoms with E-state index in [0.717, 1.165) is 13.1 Å². The summed E-state index contributed by atoms with van der Waals surface area (Å²) in [6.45, 7) is 9.10. The van der Waals surface area contributed by atoms with E-state index in [2.05, 4.69) is 48.0 Å². The van der Waals surface area contributed by atoms with Crippen molar-refractivity contribution in [2.24, 2.45) is 0 Å². The summed E-state index contributed by atoms with van der Waals surface area (Å²) in [5.74, 6) is -0.155. The number of amides is 2. The summed E-state index contributed by atoms with van der Waals surface area (Å²) < 4.78 is 0. The summed E-state index contributed by atoms with van der Waals surface area (Å²) in [6, 6.07) is 15.3. The van der Waals surface area contributed by atoms with Gasteiger partial charge in [-0.25, -0.2) is 0 Å². The van der Waals surface area contributed by atoms with E-state index in [-0.39, 0.29) is 11.8 Å². The van der Waals surface area contributed by atoms with Crippen molar-refractivity contribution in [1.29, 1.82) is 0 Å². The van der Waals surface area contributed by atoms with Gasteiger partial charge in [-0.05, 0) is 48.9 Å². The van der Waals surface area contributed by atoms with Crippen molar-refractivity contribution < 1.29 is 9.59 Å². The molecule has 5 heteroatoms. The van der Waals surface area contributed by atoms with Crippen LogP contribution in [0.3, 0.4) is 0 Å². The molecule has 0 unspecified atom stereocenters. The number of nitrogens with zero attached hydrogens (tertiary/aromatic N) is 2. The molecule has 2 amide bonds. The molecule has 1 N–H and O–H groups in total. The molecule has 1 saturated heterocycles. The van der Waals surface area contributed by atoms with E-state index in [9.17, 15) is 9.59 Å². The smallest absolute Gasteiger partial charge is 0.253 e. The highest BCUT2D eigenvalue weighted by Crippen LogP contribution is 2.19. The van der Waals surface area contributed by atoms with Gasteiger partial charge in [0, 0.05) is 49.5 Å². The number of hydrogen-bond acceptors (Lipinski definition) is 3. The Bertz CT molecular complexity index is 822. The van der Waals surface area contributed by atoms with Crippen LogP contribution in [0.1, 0.15) is 26.3 Å². The minimum Gasteiger partial charge on any atom is -0.368 e. The predicted molar refractivity (Wildman–Crippen MR) is 108 cm³/mol. The van der Waals surface area contributed by atoms with Gasteiger partial charge < -0.3 is 15.1 Å². The van der Waals surface area contributed by atoms with E-state index in [1.807, 2.05) is 4.90 Å². The molecule has 0 saturated carbocycles. The Balaban J connectivity index is 1.59. The van der Waals surface area contributed by atoms with E-state index in [0.29, 0.717) is 30.8 Å². The van der Waals surface area contributed by atoms with Crippen LogP contribution in [0.2, 0.25) is 0 Å². The number of rotatable bonds is 5. The molecule has 0 aliphatic carbocycles. The maximum absolute atomic E-state index is 12.7. The minimum absolute atomic E-state index is 0.0111. The van der Waals surface area contributed by atoms with Gasteiger partial charge >= 0.3 is 0 Å². The van der Waals surface area contributed by atoms with Gasteiger partial charge in [0.1, 0.15) is 0 Å². The van der Waals surface area contributed by atoms with Crippen LogP contribution in [0.4, 0.5) is 5.69 Å². The Kier molecular flexibility index (Phi) is 5.91. The fraction of sp³-hybridized carbons (Fsp3) is 0.273. The van der Waals surface area contributed by atoms with Crippen molar-refractivity contribution in [3.05, 3.63) is 77.9 Å². The highest BCUT2D eigenvalue weighted by Gasteiger charge is 2.22. The van der Waals surface area contributed by atoms with Crippen molar-refractivity contribution in [2.45, 2.75) is 6.92 Å². The molecule has 0 atom stereocenters. The predicted octanol–water partition coefficient (Wildman–Crippen LogP) is 2.87. The number of carbonyl (C=O) groups is 2. The molecular formula is C22H25N3O2. The number of aryl methyl sites for hydroxylation is 1. The molecule has 0 bridgehead atoms. The summed E-state index contributed by atoms with van der Waals surface area (Å²) in [5.41, 5.74) is 3.59. The normalized spacial score (nSPS) is 14.0. The summed E-state index contributed by atoms with van der Waals surface area (Å²) in [7, 11) is 0. The third kappa shape index (κ3) is 4.56. The minimum atomic E-state index is -0.166.